The highest BCUT2D eigenvalue weighted by Crippen LogP contribution is 2.29. The number of nitrogens with zero attached hydrogens (tertiary/aromatic N) is 2. The Hall–Kier alpha value is -1.82. The van der Waals surface area contributed by atoms with Crippen LogP contribution >= 0.6 is 0 Å². The molecule has 92 valence electrons. The molecule has 0 saturated carbocycles. The van der Waals surface area contributed by atoms with E-state index >= 15 is 0 Å². The Balaban J connectivity index is 2.23. The normalized spacial score (nSPS) is 19.2. The van der Waals surface area contributed by atoms with Gasteiger partial charge >= 0.3 is 0 Å². The molecule has 0 aromatic heterocycles. The van der Waals surface area contributed by atoms with Gasteiger partial charge in [-0.05, 0) is 12.5 Å². The number of benzene rings is 1. The number of nitro benzene ring substituents is 1. The maximum Gasteiger partial charge on any atom is 0.271 e. The summed E-state index contributed by atoms with van der Waals surface area (Å²) < 4.78 is 5.31. The summed E-state index contributed by atoms with van der Waals surface area (Å²) >= 11 is 0. The minimum Gasteiger partial charge on any atom is -0.397 e. The second-order valence-corrected chi connectivity index (χ2v) is 4.13. The van der Waals surface area contributed by atoms with Gasteiger partial charge in [0.1, 0.15) is 0 Å². The molecule has 1 aromatic rings. The number of nitrogen functional groups attached to an aromatic ring is 1. The zero-order valence-corrected chi connectivity index (χ0v) is 9.63. The molecule has 6 nitrogen and oxygen atoms in total. The summed E-state index contributed by atoms with van der Waals surface area (Å²) in [4.78, 5) is 12.2. The Morgan fingerprint density at radius 2 is 2.35 bits per heavy atom. The van der Waals surface area contributed by atoms with Crippen LogP contribution < -0.4 is 10.6 Å². The van der Waals surface area contributed by atoms with Gasteiger partial charge in [0.2, 0.25) is 0 Å². The van der Waals surface area contributed by atoms with Crippen LogP contribution in [0.5, 0.6) is 0 Å². The molecule has 1 saturated heterocycles. The molecular formula is C11H15N3O3. The molecule has 1 aliphatic rings. The van der Waals surface area contributed by atoms with E-state index in [1.54, 1.807) is 6.07 Å². The van der Waals surface area contributed by atoms with Crippen molar-refractivity contribution in [3.05, 3.63) is 28.3 Å². The molecule has 1 unspecified atom stereocenters. The predicted octanol–water partition coefficient (Wildman–Crippen LogP) is 1.40. The van der Waals surface area contributed by atoms with Crippen LogP contribution in [-0.2, 0) is 4.74 Å². The Bertz CT molecular complexity index is 430. The molecule has 0 bridgehead atoms. The maximum absolute atomic E-state index is 10.6. The summed E-state index contributed by atoms with van der Waals surface area (Å²) in [7, 11) is 1.93. The first kappa shape index (κ1) is 11.7. The molecule has 2 rings (SSSR count). The second-order valence-electron chi connectivity index (χ2n) is 4.13. The average molecular weight is 237 g/mol. The summed E-state index contributed by atoms with van der Waals surface area (Å²) in [6, 6.07) is 4.84. The fourth-order valence-corrected chi connectivity index (χ4v) is 2.00. The van der Waals surface area contributed by atoms with E-state index in [9.17, 15) is 10.1 Å². The lowest BCUT2D eigenvalue weighted by molar-refractivity contribution is -0.384. The van der Waals surface area contributed by atoms with Crippen molar-refractivity contribution in [2.45, 2.75) is 12.5 Å². The molecule has 1 fully saturated rings. The van der Waals surface area contributed by atoms with E-state index in [2.05, 4.69) is 0 Å². The monoisotopic (exact) mass is 237 g/mol. The smallest absolute Gasteiger partial charge is 0.271 e. The zero-order chi connectivity index (χ0) is 12.4. The number of hydrogen-bond acceptors (Lipinski definition) is 5. The number of anilines is 2. The number of rotatable bonds is 3. The maximum atomic E-state index is 10.6. The van der Waals surface area contributed by atoms with Crippen molar-refractivity contribution in [1.82, 2.24) is 0 Å². The minimum atomic E-state index is -0.446. The summed E-state index contributed by atoms with van der Waals surface area (Å²) in [6.07, 6.45) is 0.951. The first-order valence-electron chi connectivity index (χ1n) is 5.44. The van der Waals surface area contributed by atoms with Gasteiger partial charge in [-0.25, -0.2) is 0 Å². The summed E-state index contributed by atoms with van der Waals surface area (Å²) in [5, 5.41) is 10.6. The van der Waals surface area contributed by atoms with E-state index in [1.165, 1.54) is 12.1 Å². The molecule has 0 spiro atoms. The van der Waals surface area contributed by atoms with E-state index in [0.29, 0.717) is 18.3 Å². The van der Waals surface area contributed by atoms with Crippen LogP contribution in [0.1, 0.15) is 6.42 Å². The van der Waals surface area contributed by atoms with Crippen LogP contribution in [0.4, 0.5) is 17.1 Å². The van der Waals surface area contributed by atoms with Gasteiger partial charge in [0.05, 0.1) is 28.9 Å². The summed E-state index contributed by atoms with van der Waals surface area (Å²) in [5.41, 5.74) is 7.09. The molecular weight excluding hydrogens is 222 g/mol. The van der Waals surface area contributed by atoms with Crippen molar-refractivity contribution in [2.75, 3.05) is 30.9 Å². The highest BCUT2D eigenvalue weighted by molar-refractivity contribution is 5.70. The van der Waals surface area contributed by atoms with E-state index < -0.39 is 4.92 Å². The number of nitrogens with two attached hydrogens (primary N) is 1. The molecule has 0 amide bonds. The fraction of sp³-hybridized carbons (Fsp3) is 0.455. The molecule has 1 aliphatic heterocycles. The van der Waals surface area contributed by atoms with Crippen molar-refractivity contribution in [2.24, 2.45) is 0 Å². The quantitative estimate of drug-likeness (QED) is 0.488. The van der Waals surface area contributed by atoms with E-state index in [-0.39, 0.29) is 5.69 Å². The van der Waals surface area contributed by atoms with Crippen molar-refractivity contribution >= 4 is 17.1 Å². The van der Waals surface area contributed by atoms with Gasteiger partial charge in [0.15, 0.2) is 0 Å². The lowest BCUT2D eigenvalue weighted by Gasteiger charge is -2.26. The first-order valence-corrected chi connectivity index (χ1v) is 5.44. The van der Waals surface area contributed by atoms with Crippen LogP contribution in [0.25, 0.3) is 0 Å². The standard InChI is InChI=1S/C11H15N3O3/c1-13(9-4-5-17-7-9)11-3-2-8(14(15)16)6-10(11)12/h2-3,6,9H,4-5,7,12H2,1H3. The van der Waals surface area contributed by atoms with Crippen molar-refractivity contribution in [1.29, 1.82) is 0 Å². The van der Waals surface area contributed by atoms with Crippen LogP contribution in [-0.4, -0.2) is 31.2 Å². The number of hydrogen-bond donors (Lipinski definition) is 1. The van der Waals surface area contributed by atoms with Gasteiger partial charge in [-0.3, -0.25) is 10.1 Å². The lowest BCUT2D eigenvalue weighted by Crippen LogP contribution is -2.32. The number of non-ortho nitro benzene ring substituents is 1. The number of likely N-dealkylation sites (N-methyl/N-ethyl adjacent to an activating group) is 1. The molecule has 6 heteroatoms. The topological polar surface area (TPSA) is 81.6 Å². The van der Waals surface area contributed by atoms with Crippen molar-refractivity contribution in [3.8, 4) is 0 Å². The third-order valence-electron chi connectivity index (χ3n) is 3.06. The molecule has 17 heavy (non-hydrogen) atoms. The first-order chi connectivity index (χ1) is 8.09. The van der Waals surface area contributed by atoms with Crippen molar-refractivity contribution in [3.63, 3.8) is 0 Å². The SMILES string of the molecule is CN(c1ccc([N+](=O)[O-])cc1N)C1CCOC1. The largest absolute Gasteiger partial charge is 0.397 e. The van der Waals surface area contributed by atoms with E-state index in [1.807, 2.05) is 11.9 Å². The van der Waals surface area contributed by atoms with Gasteiger partial charge in [-0.15, -0.1) is 0 Å². The zero-order valence-electron chi connectivity index (χ0n) is 9.63. The molecule has 1 heterocycles. The summed E-state index contributed by atoms with van der Waals surface area (Å²) in [6.45, 7) is 1.43. The van der Waals surface area contributed by atoms with Gasteiger partial charge in [0, 0.05) is 25.8 Å². The predicted molar refractivity (Wildman–Crippen MR) is 65.1 cm³/mol. The van der Waals surface area contributed by atoms with Crippen LogP contribution in [0, 0.1) is 10.1 Å². The highest BCUT2D eigenvalue weighted by atomic mass is 16.6. The van der Waals surface area contributed by atoms with Crippen LogP contribution in [0.15, 0.2) is 18.2 Å². The summed E-state index contributed by atoms with van der Waals surface area (Å²) in [5.74, 6) is 0. The van der Waals surface area contributed by atoms with Gasteiger partial charge in [-0.1, -0.05) is 0 Å². The lowest BCUT2D eigenvalue weighted by atomic mass is 10.1. The molecule has 0 radical (unpaired) electrons. The minimum absolute atomic E-state index is 0.0160. The highest BCUT2D eigenvalue weighted by Gasteiger charge is 2.22. The van der Waals surface area contributed by atoms with Gasteiger partial charge in [0.25, 0.3) is 5.69 Å². The molecule has 0 aliphatic carbocycles. The van der Waals surface area contributed by atoms with Crippen molar-refractivity contribution < 1.29 is 9.66 Å². The average Bonchev–Trinajstić information content (AvgIpc) is 2.81. The molecule has 1 aromatic carbocycles. The molecule has 1 atom stereocenters. The molecule has 2 N–H and O–H groups in total. The van der Waals surface area contributed by atoms with Crippen LogP contribution in [0.2, 0.25) is 0 Å². The Kier molecular flexibility index (Phi) is 3.14. The van der Waals surface area contributed by atoms with Gasteiger partial charge < -0.3 is 15.4 Å². The Labute approximate surface area is 99.1 Å². The Morgan fingerprint density at radius 1 is 1.59 bits per heavy atom. The number of nitro groups is 1. The van der Waals surface area contributed by atoms with E-state index in [0.717, 1.165) is 18.7 Å². The fourth-order valence-electron chi connectivity index (χ4n) is 2.00. The van der Waals surface area contributed by atoms with Gasteiger partial charge in [-0.2, -0.15) is 0 Å². The Morgan fingerprint density at radius 3 is 2.88 bits per heavy atom. The third-order valence-corrected chi connectivity index (χ3v) is 3.06. The van der Waals surface area contributed by atoms with Crippen LogP contribution in [0.3, 0.4) is 0 Å². The third kappa shape index (κ3) is 2.31. The number of ether oxygens (including phenoxy) is 1. The van der Waals surface area contributed by atoms with E-state index in [4.69, 9.17) is 10.5 Å². The second kappa shape index (κ2) is 4.58.